The van der Waals surface area contributed by atoms with Crippen LogP contribution in [0.15, 0.2) is 17.9 Å². The summed E-state index contributed by atoms with van der Waals surface area (Å²) in [6.45, 7) is 0.261. The van der Waals surface area contributed by atoms with Crippen LogP contribution in [0.2, 0.25) is 0 Å². The first-order valence-electron chi connectivity index (χ1n) is 4.56. The second kappa shape index (κ2) is 4.13. The Morgan fingerprint density at radius 2 is 2.31 bits per heavy atom. The van der Waals surface area contributed by atoms with Crippen molar-refractivity contribution in [2.75, 3.05) is 14.1 Å². The summed E-state index contributed by atoms with van der Waals surface area (Å²) in [5.41, 5.74) is 0.878. The number of nitrogens with one attached hydrogen (secondary N) is 1. The number of imidazole rings is 1. The minimum Gasteiger partial charge on any atom is -0.293 e. The van der Waals surface area contributed by atoms with Crippen molar-refractivity contribution < 1.29 is 8.42 Å². The van der Waals surface area contributed by atoms with Crippen LogP contribution < -0.4 is 4.72 Å². The van der Waals surface area contributed by atoms with Gasteiger partial charge in [0.15, 0.2) is 0 Å². The lowest BCUT2D eigenvalue weighted by Gasteiger charge is -2.11. The fourth-order valence-electron chi connectivity index (χ4n) is 1.19. The van der Waals surface area contributed by atoms with Crippen molar-refractivity contribution in [2.24, 2.45) is 0 Å². The Bertz CT molecular complexity index is 584. The molecule has 2 aromatic rings. The number of nitrogens with zero attached hydrogens (tertiary/aromatic N) is 3. The van der Waals surface area contributed by atoms with E-state index in [1.165, 1.54) is 25.4 Å². The van der Waals surface area contributed by atoms with Gasteiger partial charge in [-0.15, -0.1) is 11.3 Å². The van der Waals surface area contributed by atoms with Gasteiger partial charge >= 0.3 is 0 Å². The second-order valence-electron chi connectivity index (χ2n) is 3.44. The van der Waals surface area contributed by atoms with Crippen molar-refractivity contribution in [1.82, 2.24) is 18.4 Å². The first kappa shape index (κ1) is 11.5. The van der Waals surface area contributed by atoms with Crippen molar-refractivity contribution in [2.45, 2.75) is 6.54 Å². The lowest BCUT2D eigenvalue weighted by atomic mass is 10.5. The molecule has 0 radical (unpaired) electrons. The fraction of sp³-hybridized carbons (Fsp3) is 0.375. The minimum absolute atomic E-state index is 0.261. The zero-order valence-electron chi connectivity index (χ0n) is 8.91. The molecule has 0 aromatic carbocycles. The van der Waals surface area contributed by atoms with Crippen LogP contribution in [-0.4, -0.2) is 36.2 Å². The molecule has 0 aliphatic heterocycles. The average Bonchev–Trinajstić information content (AvgIpc) is 2.76. The molecule has 1 N–H and O–H groups in total. The van der Waals surface area contributed by atoms with Gasteiger partial charge in [0.05, 0.1) is 12.7 Å². The van der Waals surface area contributed by atoms with Crippen LogP contribution >= 0.6 is 11.3 Å². The van der Waals surface area contributed by atoms with Gasteiger partial charge in [-0.25, -0.2) is 4.98 Å². The van der Waals surface area contributed by atoms with Gasteiger partial charge in [0.2, 0.25) is 0 Å². The number of rotatable bonds is 4. The average molecular weight is 260 g/mol. The molecule has 2 heterocycles. The molecule has 2 rings (SSSR count). The molecule has 0 saturated carbocycles. The molecule has 0 bridgehead atoms. The molecule has 0 spiro atoms. The number of fused-ring (bicyclic) bond motifs is 1. The van der Waals surface area contributed by atoms with Crippen LogP contribution in [0.5, 0.6) is 0 Å². The van der Waals surface area contributed by atoms with Crippen molar-refractivity contribution in [3.63, 3.8) is 0 Å². The van der Waals surface area contributed by atoms with Gasteiger partial charge in [-0.3, -0.25) is 4.40 Å². The van der Waals surface area contributed by atoms with Crippen LogP contribution in [-0.2, 0) is 16.8 Å². The third kappa shape index (κ3) is 2.09. The Morgan fingerprint density at radius 1 is 1.56 bits per heavy atom. The maximum Gasteiger partial charge on any atom is 0.279 e. The summed E-state index contributed by atoms with van der Waals surface area (Å²) in [6.07, 6.45) is 3.42. The highest BCUT2D eigenvalue weighted by Gasteiger charge is 2.13. The van der Waals surface area contributed by atoms with E-state index >= 15 is 0 Å². The topological polar surface area (TPSA) is 66.7 Å². The van der Waals surface area contributed by atoms with Crippen LogP contribution in [0.4, 0.5) is 0 Å². The van der Waals surface area contributed by atoms with Crippen LogP contribution in [0, 0.1) is 0 Å². The van der Waals surface area contributed by atoms with E-state index in [2.05, 4.69) is 9.71 Å². The maximum absolute atomic E-state index is 11.5. The maximum atomic E-state index is 11.5. The first-order valence-corrected chi connectivity index (χ1v) is 6.88. The predicted octanol–water partition coefficient (Wildman–Crippen LogP) is 0.292. The van der Waals surface area contributed by atoms with Gasteiger partial charge < -0.3 is 0 Å². The molecule has 6 nitrogen and oxygen atoms in total. The van der Waals surface area contributed by atoms with E-state index in [0.29, 0.717) is 0 Å². The molecule has 0 atom stereocenters. The Labute approximate surface area is 97.7 Å². The summed E-state index contributed by atoms with van der Waals surface area (Å²) in [5, 5.41) is 1.91. The van der Waals surface area contributed by atoms with Gasteiger partial charge in [0, 0.05) is 25.2 Å². The third-order valence-electron chi connectivity index (χ3n) is 2.15. The summed E-state index contributed by atoms with van der Waals surface area (Å²) < 4.78 is 28.5. The molecule has 0 unspecified atom stereocenters. The molecule has 8 heteroatoms. The van der Waals surface area contributed by atoms with E-state index in [-0.39, 0.29) is 6.54 Å². The SMILES string of the molecule is CN(C)S(=O)(=O)NCc1csc2cncn12. The largest absolute Gasteiger partial charge is 0.293 e. The van der Waals surface area contributed by atoms with Gasteiger partial charge in [0.25, 0.3) is 10.2 Å². The van der Waals surface area contributed by atoms with E-state index in [0.717, 1.165) is 14.8 Å². The van der Waals surface area contributed by atoms with E-state index in [9.17, 15) is 8.42 Å². The summed E-state index contributed by atoms with van der Waals surface area (Å²) in [4.78, 5) is 4.99. The van der Waals surface area contributed by atoms with E-state index in [1.54, 1.807) is 12.5 Å². The highest BCUT2D eigenvalue weighted by Crippen LogP contribution is 2.15. The van der Waals surface area contributed by atoms with E-state index in [4.69, 9.17) is 0 Å². The second-order valence-corrected chi connectivity index (χ2v) is 6.30. The quantitative estimate of drug-likeness (QED) is 0.859. The molecule has 16 heavy (non-hydrogen) atoms. The zero-order chi connectivity index (χ0) is 11.8. The zero-order valence-corrected chi connectivity index (χ0v) is 10.5. The first-order chi connectivity index (χ1) is 7.50. The molecule has 0 aliphatic carbocycles. The number of hydrogen-bond acceptors (Lipinski definition) is 4. The predicted molar refractivity (Wildman–Crippen MR) is 62.5 cm³/mol. The Balaban J connectivity index is 2.15. The normalized spacial score (nSPS) is 12.7. The number of aromatic nitrogens is 2. The molecule has 88 valence electrons. The Morgan fingerprint density at radius 3 is 3.00 bits per heavy atom. The van der Waals surface area contributed by atoms with Gasteiger partial charge in [-0.05, 0) is 0 Å². The van der Waals surface area contributed by atoms with Crippen LogP contribution in [0.25, 0.3) is 4.83 Å². The van der Waals surface area contributed by atoms with Crippen molar-refractivity contribution >= 4 is 26.4 Å². The number of hydrogen-bond donors (Lipinski definition) is 1. The molecule has 0 fully saturated rings. The summed E-state index contributed by atoms with van der Waals surface area (Å²) in [7, 11) is -0.394. The number of thiazole rings is 1. The lowest BCUT2D eigenvalue weighted by molar-refractivity contribution is 0.504. The highest BCUT2D eigenvalue weighted by atomic mass is 32.2. The van der Waals surface area contributed by atoms with Gasteiger partial charge in [-0.2, -0.15) is 17.4 Å². The lowest BCUT2D eigenvalue weighted by Crippen LogP contribution is -2.35. The van der Waals surface area contributed by atoms with Crippen molar-refractivity contribution in [3.8, 4) is 0 Å². The Hall–Kier alpha value is -0.960. The smallest absolute Gasteiger partial charge is 0.279 e. The standard InChI is InChI=1S/C8H12N4O2S2/c1-11(2)16(13,14)10-3-7-5-15-8-4-9-6-12(7)8/h4-6,10H,3H2,1-2H3. The molecule has 2 aromatic heterocycles. The highest BCUT2D eigenvalue weighted by molar-refractivity contribution is 7.87. The van der Waals surface area contributed by atoms with E-state index < -0.39 is 10.2 Å². The van der Waals surface area contributed by atoms with Gasteiger partial charge in [0.1, 0.15) is 11.2 Å². The Kier molecular flexibility index (Phi) is 2.98. The van der Waals surface area contributed by atoms with Crippen LogP contribution in [0.3, 0.4) is 0 Å². The monoisotopic (exact) mass is 260 g/mol. The molecule has 0 saturated heterocycles. The van der Waals surface area contributed by atoms with E-state index in [1.807, 2.05) is 9.78 Å². The molecule has 0 amide bonds. The van der Waals surface area contributed by atoms with Gasteiger partial charge in [-0.1, -0.05) is 0 Å². The fourth-order valence-corrected chi connectivity index (χ4v) is 2.63. The summed E-state index contributed by atoms with van der Waals surface area (Å²) in [5.74, 6) is 0. The van der Waals surface area contributed by atoms with Crippen LogP contribution in [0.1, 0.15) is 5.69 Å². The molecular weight excluding hydrogens is 248 g/mol. The van der Waals surface area contributed by atoms with Crippen molar-refractivity contribution in [1.29, 1.82) is 0 Å². The summed E-state index contributed by atoms with van der Waals surface area (Å²) in [6, 6.07) is 0. The minimum atomic E-state index is -3.37. The third-order valence-corrected chi connectivity index (χ3v) is 4.55. The molecular formula is C8H12N4O2S2. The van der Waals surface area contributed by atoms with Crippen molar-refractivity contribution in [3.05, 3.63) is 23.6 Å². The summed E-state index contributed by atoms with van der Waals surface area (Å²) >= 11 is 1.53. The molecule has 0 aliphatic rings.